The third kappa shape index (κ3) is 19.0. The number of carbonyl (C=O) groups is 8. The molecule has 0 radical (unpaired) electrons. The Morgan fingerprint density at radius 3 is 2.10 bits per heavy atom. The van der Waals surface area contributed by atoms with Gasteiger partial charge < -0.3 is 51.6 Å². The molecule has 1 aromatic carbocycles. The quantitative estimate of drug-likeness (QED) is 0.0497. The fraction of sp³-hybridized carbons (Fsp3) is 0.579. The largest absolute Gasteiger partial charge is 0.445 e. The van der Waals surface area contributed by atoms with E-state index in [4.69, 9.17) is 15.2 Å². The highest BCUT2D eigenvalue weighted by Gasteiger charge is 2.29. The summed E-state index contributed by atoms with van der Waals surface area (Å²) < 4.78 is 10.8. The van der Waals surface area contributed by atoms with Gasteiger partial charge in [0.25, 0.3) is 11.8 Å². The molecule has 20 heteroatoms. The molecule has 1 aliphatic rings. The number of rotatable bonds is 26. The first-order chi connectivity index (χ1) is 27.5. The van der Waals surface area contributed by atoms with E-state index in [-0.39, 0.29) is 77.2 Å². The topological polar surface area (TPSA) is 254 Å². The van der Waals surface area contributed by atoms with Gasteiger partial charge in [-0.3, -0.25) is 38.6 Å². The van der Waals surface area contributed by atoms with Crippen LogP contribution in [0.15, 0.2) is 36.4 Å². The molecule has 2 atom stereocenters. The summed E-state index contributed by atoms with van der Waals surface area (Å²) in [6, 6.07) is 3.92. The SMILES string of the molecule is CC(C)[C@H](NC(=O)CN(C)CCC(=O)NCCOCCN1C(=O)C=CC1=O)C(=O)N[C@@H](CCCNC(N)=O)C(=O)Nc1ccc(COC(=O)N(C)CCN(C)C)cc1. The monoisotopic (exact) mass is 816 g/mol. The number of imide groups is 1. The van der Waals surface area contributed by atoms with E-state index in [0.717, 1.165) is 4.90 Å². The normalized spacial score (nSPS) is 13.4. The smallest absolute Gasteiger partial charge is 0.409 e. The van der Waals surface area contributed by atoms with Crippen molar-refractivity contribution in [3.63, 3.8) is 0 Å². The minimum Gasteiger partial charge on any atom is -0.445 e. The van der Waals surface area contributed by atoms with Crippen molar-refractivity contribution in [3.05, 3.63) is 42.0 Å². The summed E-state index contributed by atoms with van der Waals surface area (Å²) >= 11 is 0. The van der Waals surface area contributed by atoms with E-state index < -0.39 is 53.7 Å². The van der Waals surface area contributed by atoms with Gasteiger partial charge >= 0.3 is 12.1 Å². The predicted octanol–water partition coefficient (Wildman–Crippen LogP) is -0.791. The lowest BCUT2D eigenvalue weighted by Gasteiger charge is -2.26. The average molecular weight is 817 g/mol. The molecule has 1 aromatic rings. The predicted molar refractivity (Wildman–Crippen MR) is 214 cm³/mol. The number of nitrogens with two attached hydrogens (primary N) is 1. The molecule has 0 saturated carbocycles. The van der Waals surface area contributed by atoms with Crippen LogP contribution in [0.1, 0.15) is 38.7 Å². The van der Waals surface area contributed by atoms with Crippen molar-refractivity contribution < 1.29 is 47.8 Å². The number of benzene rings is 1. The summed E-state index contributed by atoms with van der Waals surface area (Å²) in [7, 11) is 7.13. The molecule has 1 aliphatic heterocycles. The van der Waals surface area contributed by atoms with E-state index >= 15 is 0 Å². The number of nitrogens with one attached hydrogen (secondary N) is 5. The number of carbonyl (C=O) groups excluding carboxylic acids is 8. The molecule has 322 valence electrons. The zero-order chi connectivity index (χ0) is 43.2. The maximum Gasteiger partial charge on any atom is 0.409 e. The third-order valence-electron chi connectivity index (χ3n) is 8.71. The van der Waals surface area contributed by atoms with Crippen LogP contribution in [-0.2, 0) is 44.8 Å². The fourth-order valence-corrected chi connectivity index (χ4v) is 5.29. The molecule has 0 aliphatic carbocycles. The van der Waals surface area contributed by atoms with Crippen LogP contribution in [0.4, 0.5) is 15.3 Å². The molecule has 0 bridgehead atoms. The lowest BCUT2D eigenvalue weighted by atomic mass is 10.0. The van der Waals surface area contributed by atoms with E-state index in [2.05, 4.69) is 26.6 Å². The molecule has 2 rings (SSSR count). The maximum absolute atomic E-state index is 13.5. The molecular weight excluding hydrogens is 756 g/mol. The third-order valence-corrected chi connectivity index (χ3v) is 8.71. The number of anilines is 1. The molecule has 9 amide bonds. The van der Waals surface area contributed by atoms with E-state index in [9.17, 15) is 38.4 Å². The van der Waals surface area contributed by atoms with Gasteiger partial charge in [-0.25, -0.2) is 9.59 Å². The minimum atomic E-state index is -1.04. The van der Waals surface area contributed by atoms with Gasteiger partial charge in [0.1, 0.15) is 18.7 Å². The maximum atomic E-state index is 13.5. The van der Waals surface area contributed by atoms with Crippen molar-refractivity contribution in [2.75, 3.05) is 92.5 Å². The van der Waals surface area contributed by atoms with Crippen molar-refractivity contribution in [2.24, 2.45) is 11.7 Å². The molecule has 0 fully saturated rings. The van der Waals surface area contributed by atoms with Crippen LogP contribution < -0.4 is 32.3 Å². The van der Waals surface area contributed by atoms with Crippen molar-refractivity contribution in [1.82, 2.24) is 40.9 Å². The van der Waals surface area contributed by atoms with Crippen LogP contribution in [0.3, 0.4) is 0 Å². The summed E-state index contributed by atoms with van der Waals surface area (Å²) in [5, 5.41) is 13.4. The van der Waals surface area contributed by atoms with Gasteiger partial charge in [-0.1, -0.05) is 26.0 Å². The zero-order valence-corrected chi connectivity index (χ0v) is 34.3. The van der Waals surface area contributed by atoms with Crippen LogP contribution in [0.25, 0.3) is 0 Å². The second kappa shape index (κ2) is 25.6. The van der Waals surface area contributed by atoms with Gasteiger partial charge in [0.15, 0.2) is 0 Å². The lowest BCUT2D eigenvalue weighted by molar-refractivity contribution is -0.137. The molecular formula is C38H60N10O10. The molecule has 0 aromatic heterocycles. The van der Waals surface area contributed by atoms with Crippen LogP contribution in [0.5, 0.6) is 0 Å². The van der Waals surface area contributed by atoms with Crippen LogP contribution in [0.2, 0.25) is 0 Å². The standard InChI is InChI=1S/C38H60N10O10/c1-26(2)34(44-31(50)24-46(5)18-15-30(49)40-17-22-57-23-21-48-32(51)13-14-33(48)52)36(54)43-29(8-7-16-41-37(39)55)35(53)42-28-11-9-27(10-12-28)25-58-38(56)47(6)20-19-45(3)4/h9-14,26,29,34H,7-8,15-25H2,1-6H3,(H,40,49)(H,42,53)(H,43,54)(H,44,50)(H3,39,41,55)/t29-,34-/m0/s1. The summed E-state index contributed by atoms with van der Waals surface area (Å²) in [6.45, 7) is 5.68. The molecule has 20 nitrogen and oxygen atoms in total. The van der Waals surface area contributed by atoms with E-state index in [1.807, 2.05) is 19.0 Å². The highest BCUT2D eigenvalue weighted by Crippen LogP contribution is 2.13. The summed E-state index contributed by atoms with van der Waals surface area (Å²) in [5.74, 6) is -2.98. The van der Waals surface area contributed by atoms with E-state index in [1.54, 1.807) is 57.1 Å². The second-order valence-corrected chi connectivity index (χ2v) is 14.4. The highest BCUT2D eigenvalue weighted by molar-refractivity contribution is 6.12. The van der Waals surface area contributed by atoms with E-state index in [0.29, 0.717) is 30.8 Å². The molecule has 7 N–H and O–H groups in total. The first kappa shape index (κ1) is 48.5. The van der Waals surface area contributed by atoms with Gasteiger partial charge in [0, 0.05) is 64.0 Å². The van der Waals surface area contributed by atoms with Crippen molar-refractivity contribution in [2.45, 2.75) is 51.8 Å². The summed E-state index contributed by atoms with van der Waals surface area (Å²) in [6.07, 6.45) is 2.46. The van der Waals surface area contributed by atoms with Crippen molar-refractivity contribution >= 4 is 53.3 Å². The Bertz CT molecular complexity index is 1570. The minimum absolute atomic E-state index is 0.0320. The lowest BCUT2D eigenvalue weighted by Crippen LogP contribution is -2.55. The number of ether oxygens (including phenoxy) is 2. The molecule has 0 saturated heterocycles. The molecule has 58 heavy (non-hydrogen) atoms. The Hall–Kier alpha value is -5.60. The molecule has 0 unspecified atom stereocenters. The van der Waals surface area contributed by atoms with Crippen molar-refractivity contribution in [1.29, 1.82) is 0 Å². The average Bonchev–Trinajstić information content (AvgIpc) is 3.49. The van der Waals surface area contributed by atoms with Crippen LogP contribution in [0, 0.1) is 5.92 Å². The number of nitrogens with zero attached hydrogens (tertiary/aromatic N) is 4. The second-order valence-electron chi connectivity index (χ2n) is 14.4. The van der Waals surface area contributed by atoms with Crippen LogP contribution >= 0.6 is 0 Å². The number of likely N-dealkylation sites (N-methyl/N-ethyl adjacent to an activating group) is 3. The Morgan fingerprint density at radius 2 is 1.48 bits per heavy atom. The fourth-order valence-electron chi connectivity index (χ4n) is 5.29. The Balaban J connectivity index is 1.86. The van der Waals surface area contributed by atoms with Gasteiger partial charge in [-0.2, -0.15) is 0 Å². The van der Waals surface area contributed by atoms with Gasteiger partial charge in [-0.15, -0.1) is 0 Å². The van der Waals surface area contributed by atoms with E-state index in [1.165, 1.54) is 17.1 Å². The Morgan fingerprint density at radius 1 is 0.810 bits per heavy atom. The Labute approximate surface area is 339 Å². The summed E-state index contributed by atoms with van der Waals surface area (Å²) in [5.41, 5.74) is 6.30. The Kier molecular flexibility index (Phi) is 21.4. The first-order valence-electron chi connectivity index (χ1n) is 19.1. The van der Waals surface area contributed by atoms with Crippen molar-refractivity contribution in [3.8, 4) is 0 Å². The van der Waals surface area contributed by atoms with Crippen LogP contribution in [-0.4, -0.2) is 166 Å². The number of hydrogen-bond acceptors (Lipinski definition) is 12. The highest BCUT2D eigenvalue weighted by atomic mass is 16.6. The molecule has 0 spiro atoms. The number of primary amides is 1. The number of urea groups is 1. The van der Waals surface area contributed by atoms with Gasteiger partial charge in [0.2, 0.25) is 23.6 Å². The zero-order valence-electron chi connectivity index (χ0n) is 34.3. The summed E-state index contributed by atoms with van der Waals surface area (Å²) in [4.78, 5) is 105. The number of hydrogen-bond donors (Lipinski definition) is 6. The van der Waals surface area contributed by atoms with Gasteiger partial charge in [0.05, 0.1) is 26.3 Å². The number of amides is 9. The molecule has 1 heterocycles. The van der Waals surface area contributed by atoms with Gasteiger partial charge in [-0.05, 0) is 57.6 Å². The first-order valence-corrected chi connectivity index (χ1v) is 19.1.